The standard InChI is InChI=1S/C15H28N2O2/c1-15(2,3)14(19)17-11-13(18)16-10-6-9-12-7-4-5-8-12/h12H,4-11H2,1-3H3,(H,16,18)(H,17,19). The number of hydrogen-bond donors (Lipinski definition) is 2. The number of carbonyl (C=O) groups is 2. The van der Waals surface area contributed by atoms with E-state index in [-0.39, 0.29) is 18.4 Å². The summed E-state index contributed by atoms with van der Waals surface area (Å²) >= 11 is 0. The van der Waals surface area contributed by atoms with Crippen LogP contribution >= 0.6 is 0 Å². The molecule has 1 saturated carbocycles. The summed E-state index contributed by atoms with van der Waals surface area (Å²) in [6.07, 6.45) is 7.72. The highest BCUT2D eigenvalue weighted by Crippen LogP contribution is 2.28. The second kappa shape index (κ2) is 7.51. The van der Waals surface area contributed by atoms with E-state index in [4.69, 9.17) is 0 Å². The van der Waals surface area contributed by atoms with Gasteiger partial charge >= 0.3 is 0 Å². The molecule has 0 radical (unpaired) electrons. The van der Waals surface area contributed by atoms with E-state index < -0.39 is 5.41 Å². The Labute approximate surface area is 116 Å². The van der Waals surface area contributed by atoms with E-state index in [0.717, 1.165) is 18.9 Å². The van der Waals surface area contributed by atoms with Crippen LogP contribution in [0.5, 0.6) is 0 Å². The maximum Gasteiger partial charge on any atom is 0.239 e. The van der Waals surface area contributed by atoms with Gasteiger partial charge in [0.05, 0.1) is 6.54 Å². The third kappa shape index (κ3) is 6.60. The molecule has 1 rings (SSSR count). The maximum atomic E-state index is 11.6. The van der Waals surface area contributed by atoms with Crippen LogP contribution in [0.2, 0.25) is 0 Å². The molecule has 1 aliphatic carbocycles. The zero-order valence-electron chi connectivity index (χ0n) is 12.6. The van der Waals surface area contributed by atoms with Crippen molar-refractivity contribution in [3.8, 4) is 0 Å². The van der Waals surface area contributed by atoms with E-state index in [2.05, 4.69) is 10.6 Å². The van der Waals surface area contributed by atoms with Crippen molar-refractivity contribution in [2.45, 2.75) is 59.3 Å². The largest absolute Gasteiger partial charge is 0.355 e. The smallest absolute Gasteiger partial charge is 0.239 e. The number of nitrogens with one attached hydrogen (secondary N) is 2. The Morgan fingerprint density at radius 2 is 1.74 bits per heavy atom. The number of hydrogen-bond acceptors (Lipinski definition) is 2. The van der Waals surface area contributed by atoms with Gasteiger partial charge in [-0.3, -0.25) is 9.59 Å². The first-order chi connectivity index (χ1) is 8.89. The minimum atomic E-state index is -0.442. The molecule has 1 fully saturated rings. The topological polar surface area (TPSA) is 58.2 Å². The summed E-state index contributed by atoms with van der Waals surface area (Å²) in [5.74, 6) is 0.690. The number of rotatable bonds is 6. The van der Waals surface area contributed by atoms with Crippen molar-refractivity contribution in [1.29, 1.82) is 0 Å². The quantitative estimate of drug-likeness (QED) is 0.726. The Balaban J connectivity index is 2.03. The van der Waals surface area contributed by atoms with Gasteiger partial charge in [0.2, 0.25) is 11.8 Å². The van der Waals surface area contributed by atoms with Gasteiger partial charge < -0.3 is 10.6 Å². The van der Waals surface area contributed by atoms with Crippen LogP contribution in [-0.2, 0) is 9.59 Å². The zero-order valence-corrected chi connectivity index (χ0v) is 12.6. The second-order valence-electron chi connectivity index (χ2n) is 6.58. The fourth-order valence-corrected chi connectivity index (χ4v) is 2.41. The van der Waals surface area contributed by atoms with Gasteiger partial charge in [0.25, 0.3) is 0 Å². The van der Waals surface area contributed by atoms with Crippen LogP contribution in [0, 0.1) is 11.3 Å². The van der Waals surface area contributed by atoms with Crippen LogP contribution in [-0.4, -0.2) is 24.9 Å². The summed E-state index contributed by atoms with van der Waals surface area (Å²) in [6.45, 7) is 6.31. The van der Waals surface area contributed by atoms with Gasteiger partial charge in [-0.05, 0) is 18.8 Å². The van der Waals surface area contributed by atoms with Crippen LogP contribution in [0.15, 0.2) is 0 Å². The highest BCUT2D eigenvalue weighted by Gasteiger charge is 2.21. The van der Waals surface area contributed by atoms with Gasteiger partial charge in [-0.25, -0.2) is 0 Å². The highest BCUT2D eigenvalue weighted by atomic mass is 16.2. The molecular formula is C15H28N2O2. The van der Waals surface area contributed by atoms with Gasteiger partial charge in [-0.2, -0.15) is 0 Å². The van der Waals surface area contributed by atoms with E-state index in [9.17, 15) is 9.59 Å². The first-order valence-corrected chi connectivity index (χ1v) is 7.44. The number of amides is 2. The Morgan fingerprint density at radius 1 is 1.11 bits per heavy atom. The van der Waals surface area contributed by atoms with Crippen molar-refractivity contribution in [2.75, 3.05) is 13.1 Å². The second-order valence-corrected chi connectivity index (χ2v) is 6.58. The van der Waals surface area contributed by atoms with E-state index in [1.54, 1.807) is 0 Å². The predicted molar refractivity (Wildman–Crippen MR) is 76.7 cm³/mol. The lowest BCUT2D eigenvalue weighted by Gasteiger charge is -2.17. The lowest BCUT2D eigenvalue weighted by atomic mass is 9.96. The molecule has 4 nitrogen and oxygen atoms in total. The van der Waals surface area contributed by atoms with Crippen molar-refractivity contribution < 1.29 is 9.59 Å². The molecule has 0 heterocycles. The lowest BCUT2D eigenvalue weighted by molar-refractivity contribution is -0.131. The van der Waals surface area contributed by atoms with Crippen LogP contribution in [0.1, 0.15) is 59.3 Å². The van der Waals surface area contributed by atoms with Gasteiger partial charge in [0, 0.05) is 12.0 Å². The van der Waals surface area contributed by atoms with Crippen LogP contribution < -0.4 is 10.6 Å². The molecule has 0 bridgehead atoms. The fraction of sp³-hybridized carbons (Fsp3) is 0.867. The Kier molecular flexibility index (Phi) is 6.32. The van der Waals surface area contributed by atoms with E-state index in [1.807, 2.05) is 20.8 Å². The summed E-state index contributed by atoms with van der Waals surface area (Å²) in [5.41, 5.74) is -0.442. The molecule has 0 saturated heterocycles. The molecule has 0 aromatic rings. The maximum absolute atomic E-state index is 11.6. The predicted octanol–water partition coefficient (Wildman–Crippen LogP) is 2.24. The first-order valence-electron chi connectivity index (χ1n) is 7.44. The molecule has 1 aliphatic rings. The van der Waals surface area contributed by atoms with Crippen LogP contribution in [0.3, 0.4) is 0 Å². The van der Waals surface area contributed by atoms with Gasteiger partial charge in [0.1, 0.15) is 0 Å². The fourth-order valence-electron chi connectivity index (χ4n) is 2.41. The minimum Gasteiger partial charge on any atom is -0.355 e. The molecule has 0 unspecified atom stereocenters. The summed E-state index contributed by atoms with van der Waals surface area (Å²) in [4.78, 5) is 23.1. The van der Waals surface area contributed by atoms with E-state index in [0.29, 0.717) is 0 Å². The third-order valence-electron chi connectivity index (χ3n) is 3.68. The minimum absolute atomic E-state index is 0.0829. The Hall–Kier alpha value is -1.06. The summed E-state index contributed by atoms with van der Waals surface area (Å²) < 4.78 is 0. The van der Waals surface area contributed by atoms with Crippen molar-refractivity contribution in [1.82, 2.24) is 10.6 Å². The Morgan fingerprint density at radius 3 is 2.32 bits per heavy atom. The highest BCUT2D eigenvalue weighted by molar-refractivity contribution is 5.87. The van der Waals surface area contributed by atoms with Gasteiger partial charge in [0.15, 0.2) is 0 Å². The molecule has 0 aliphatic heterocycles. The molecule has 0 aromatic carbocycles. The van der Waals surface area contributed by atoms with Crippen molar-refractivity contribution in [2.24, 2.45) is 11.3 Å². The lowest BCUT2D eigenvalue weighted by Crippen LogP contribution is -2.41. The molecular weight excluding hydrogens is 240 g/mol. The molecule has 0 aromatic heterocycles. The monoisotopic (exact) mass is 268 g/mol. The van der Waals surface area contributed by atoms with Crippen molar-refractivity contribution in [3.05, 3.63) is 0 Å². The van der Waals surface area contributed by atoms with Crippen LogP contribution in [0.25, 0.3) is 0 Å². The zero-order chi connectivity index (χ0) is 14.3. The van der Waals surface area contributed by atoms with Crippen molar-refractivity contribution >= 4 is 11.8 Å². The SMILES string of the molecule is CC(C)(C)C(=O)NCC(=O)NCCCC1CCCC1. The molecule has 19 heavy (non-hydrogen) atoms. The average Bonchev–Trinajstić information content (AvgIpc) is 2.83. The van der Waals surface area contributed by atoms with Gasteiger partial charge in [-0.15, -0.1) is 0 Å². The summed E-state index contributed by atoms with van der Waals surface area (Å²) in [7, 11) is 0. The average molecular weight is 268 g/mol. The molecule has 0 spiro atoms. The van der Waals surface area contributed by atoms with Crippen LogP contribution in [0.4, 0.5) is 0 Å². The molecule has 4 heteroatoms. The molecule has 2 N–H and O–H groups in total. The van der Waals surface area contributed by atoms with E-state index >= 15 is 0 Å². The third-order valence-corrected chi connectivity index (χ3v) is 3.68. The molecule has 110 valence electrons. The summed E-state index contributed by atoms with van der Waals surface area (Å²) in [5, 5.41) is 5.51. The molecule has 0 atom stereocenters. The molecule has 2 amide bonds. The Bertz CT molecular complexity index is 302. The number of carbonyl (C=O) groups excluding carboxylic acids is 2. The van der Waals surface area contributed by atoms with E-state index in [1.165, 1.54) is 32.1 Å². The van der Waals surface area contributed by atoms with Crippen molar-refractivity contribution in [3.63, 3.8) is 0 Å². The summed E-state index contributed by atoms with van der Waals surface area (Å²) in [6, 6.07) is 0. The van der Waals surface area contributed by atoms with Gasteiger partial charge in [-0.1, -0.05) is 46.5 Å². The first kappa shape index (κ1) is 16.0. The normalized spacial score (nSPS) is 16.4.